The molecule has 0 amide bonds. The fourth-order valence-corrected chi connectivity index (χ4v) is 7.62. The molecule has 1 aromatic heterocycles. The molecule has 5 fully saturated rings. The standard InChI is InChI=1S/C25H28O8/c1-22(2)17(23(3)18(32-22)10-19(28)33-23)9-14(26)8-15-16(27)4-6-24-12-25(15,24)21(29)31-20(24)13-5-7-30-11-13/h5,7,11,15,17-18,20H,4,6,8-10,12H2,1-3H3/t15-,17-,18+,20-,23+,24+,25+/m0/s1. The summed E-state index contributed by atoms with van der Waals surface area (Å²) in [6, 6.07) is 1.79. The van der Waals surface area contributed by atoms with Gasteiger partial charge < -0.3 is 18.6 Å². The summed E-state index contributed by atoms with van der Waals surface area (Å²) in [6.07, 6.45) is 4.09. The third-order valence-corrected chi connectivity index (χ3v) is 9.26. The minimum absolute atomic E-state index is 0.00490. The molecule has 2 aliphatic carbocycles. The van der Waals surface area contributed by atoms with Crippen LogP contribution in [-0.4, -0.2) is 40.8 Å². The van der Waals surface area contributed by atoms with Crippen LogP contribution < -0.4 is 0 Å². The van der Waals surface area contributed by atoms with E-state index in [0.29, 0.717) is 19.3 Å². The zero-order valence-corrected chi connectivity index (χ0v) is 19.1. The fourth-order valence-electron chi connectivity index (χ4n) is 7.62. The molecule has 7 atom stereocenters. The van der Waals surface area contributed by atoms with Gasteiger partial charge in [0.15, 0.2) is 0 Å². The van der Waals surface area contributed by atoms with E-state index in [2.05, 4.69) is 0 Å². The number of ether oxygens (including phenoxy) is 3. The van der Waals surface area contributed by atoms with E-state index in [0.717, 1.165) is 5.56 Å². The Morgan fingerprint density at radius 3 is 2.67 bits per heavy atom. The number of rotatable bonds is 5. The zero-order valence-electron chi connectivity index (χ0n) is 19.1. The molecule has 0 unspecified atom stereocenters. The Labute approximate surface area is 191 Å². The van der Waals surface area contributed by atoms with Gasteiger partial charge in [-0.15, -0.1) is 0 Å². The minimum Gasteiger partial charge on any atom is -0.472 e. The summed E-state index contributed by atoms with van der Waals surface area (Å²) in [7, 11) is 0. The highest BCUT2D eigenvalue weighted by molar-refractivity contribution is 5.99. The second kappa shape index (κ2) is 6.34. The van der Waals surface area contributed by atoms with Crippen molar-refractivity contribution in [2.75, 3.05) is 0 Å². The van der Waals surface area contributed by atoms with Crippen molar-refractivity contribution in [1.29, 1.82) is 0 Å². The first-order chi connectivity index (χ1) is 15.5. The van der Waals surface area contributed by atoms with Crippen molar-refractivity contribution in [1.82, 2.24) is 0 Å². The molecule has 5 aliphatic rings. The van der Waals surface area contributed by atoms with Crippen LogP contribution >= 0.6 is 0 Å². The van der Waals surface area contributed by atoms with Gasteiger partial charge in [0.1, 0.15) is 29.4 Å². The summed E-state index contributed by atoms with van der Waals surface area (Å²) in [4.78, 5) is 51.4. The number of cyclic esters (lactones) is 1. The maximum Gasteiger partial charge on any atom is 0.314 e. The molecule has 8 heteroatoms. The first-order valence-electron chi connectivity index (χ1n) is 11.7. The van der Waals surface area contributed by atoms with Crippen LogP contribution in [0.3, 0.4) is 0 Å². The molecule has 6 rings (SSSR count). The molecule has 4 heterocycles. The second-order valence-corrected chi connectivity index (χ2v) is 11.2. The molecule has 0 bridgehead atoms. The molecular formula is C25H28O8. The van der Waals surface area contributed by atoms with Gasteiger partial charge in [-0.1, -0.05) is 0 Å². The van der Waals surface area contributed by atoms with Crippen LogP contribution in [0.4, 0.5) is 0 Å². The van der Waals surface area contributed by atoms with Gasteiger partial charge in [-0.2, -0.15) is 0 Å². The summed E-state index contributed by atoms with van der Waals surface area (Å²) in [6.45, 7) is 5.64. The fraction of sp³-hybridized carbons (Fsp3) is 0.680. The first-order valence-corrected chi connectivity index (χ1v) is 11.7. The molecule has 0 spiro atoms. The SMILES string of the molecule is CC1(C)O[C@@H]2CC(=O)O[C@]2(C)[C@H]1CC(=O)C[C@H]1C(=O)CC[C@]23C[C@]12C(=O)O[C@H]3c1ccoc1. The summed E-state index contributed by atoms with van der Waals surface area (Å²) in [5.74, 6) is -1.86. The summed E-state index contributed by atoms with van der Waals surface area (Å²) in [5.41, 5.74) is -2.08. The van der Waals surface area contributed by atoms with Crippen LogP contribution in [0, 0.1) is 22.7 Å². The van der Waals surface area contributed by atoms with Gasteiger partial charge in [0.25, 0.3) is 0 Å². The van der Waals surface area contributed by atoms with Gasteiger partial charge in [-0.05, 0) is 39.7 Å². The van der Waals surface area contributed by atoms with E-state index >= 15 is 0 Å². The average molecular weight is 456 g/mol. The Hall–Kier alpha value is -2.48. The molecule has 3 saturated heterocycles. The Balaban J connectivity index is 1.24. The number of Topliss-reactive ketones (excluding diaryl/α,β-unsaturated/α-hetero) is 2. The lowest BCUT2D eigenvalue weighted by Crippen LogP contribution is -2.44. The largest absolute Gasteiger partial charge is 0.472 e. The van der Waals surface area contributed by atoms with Crippen molar-refractivity contribution in [3.63, 3.8) is 0 Å². The zero-order chi connectivity index (χ0) is 23.4. The van der Waals surface area contributed by atoms with Gasteiger partial charge in [-0.25, -0.2) is 0 Å². The lowest BCUT2D eigenvalue weighted by molar-refractivity contribution is -0.154. The van der Waals surface area contributed by atoms with Crippen LogP contribution in [0.25, 0.3) is 0 Å². The second-order valence-electron chi connectivity index (χ2n) is 11.2. The van der Waals surface area contributed by atoms with Gasteiger partial charge in [0.2, 0.25) is 0 Å². The highest BCUT2D eigenvalue weighted by Gasteiger charge is 2.85. The molecule has 176 valence electrons. The molecule has 2 saturated carbocycles. The normalized spacial score (nSPS) is 44.6. The molecule has 1 aromatic rings. The third kappa shape index (κ3) is 2.56. The molecule has 0 N–H and O–H groups in total. The third-order valence-electron chi connectivity index (χ3n) is 9.26. The highest BCUT2D eigenvalue weighted by Crippen LogP contribution is 2.82. The molecule has 33 heavy (non-hydrogen) atoms. The first kappa shape index (κ1) is 21.1. The van der Waals surface area contributed by atoms with Crippen molar-refractivity contribution < 1.29 is 37.8 Å². The Morgan fingerprint density at radius 1 is 1.15 bits per heavy atom. The lowest BCUT2D eigenvalue weighted by Gasteiger charge is -2.34. The van der Waals surface area contributed by atoms with Crippen molar-refractivity contribution in [3.8, 4) is 0 Å². The topological polar surface area (TPSA) is 109 Å². The van der Waals surface area contributed by atoms with Gasteiger partial charge in [0.05, 0.1) is 30.0 Å². The van der Waals surface area contributed by atoms with Crippen LogP contribution in [0.15, 0.2) is 23.0 Å². The number of ketones is 2. The van der Waals surface area contributed by atoms with Crippen LogP contribution in [0.2, 0.25) is 0 Å². The smallest absolute Gasteiger partial charge is 0.314 e. The summed E-state index contributed by atoms with van der Waals surface area (Å²) in [5, 5.41) is 0. The van der Waals surface area contributed by atoms with E-state index in [-0.39, 0.29) is 54.8 Å². The number of carbonyl (C=O) groups excluding carboxylic acids is 4. The number of carbonyl (C=O) groups is 4. The van der Waals surface area contributed by atoms with Crippen LogP contribution in [0.1, 0.15) is 71.0 Å². The van der Waals surface area contributed by atoms with Gasteiger partial charge in [0, 0.05) is 42.1 Å². The highest BCUT2D eigenvalue weighted by atomic mass is 16.6. The van der Waals surface area contributed by atoms with Crippen LogP contribution in [0.5, 0.6) is 0 Å². The van der Waals surface area contributed by atoms with Gasteiger partial charge in [-0.3, -0.25) is 19.2 Å². The van der Waals surface area contributed by atoms with Crippen LogP contribution in [-0.2, 0) is 33.4 Å². The maximum absolute atomic E-state index is 13.4. The van der Waals surface area contributed by atoms with Crippen molar-refractivity contribution in [3.05, 3.63) is 24.2 Å². The predicted octanol–water partition coefficient (Wildman–Crippen LogP) is 3.08. The van der Waals surface area contributed by atoms with Crippen molar-refractivity contribution >= 4 is 23.5 Å². The maximum atomic E-state index is 13.4. The molecule has 0 aromatic carbocycles. The number of fused-ring (bicyclic) bond motifs is 1. The molecule has 3 aliphatic heterocycles. The number of esters is 2. The quantitative estimate of drug-likeness (QED) is 0.622. The van der Waals surface area contributed by atoms with E-state index in [4.69, 9.17) is 18.6 Å². The molecule has 8 nitrogen and oxygen atoms in total. The average Bonchev–Trinajstić information content (AvgIpc) is 3.00. The van der Waals surface area contributed by atoms with E-state index in [9.17, 15) is 19.2 Å². The van der Waals surface area contributed by atoms with E-state index in [1.165, 1.54) is 0 Å². The molecular weight excluding hydrogens is 428 g/mol. The van der Waals surface area contributed by atoms with Crippen molar-refractivity contribution in [2.45, 2.75) is 82.7 Å². The minimum atomic E-state index is -0.923. The van der Waals surface area contributed by atoms with E-state index in [1.807, 2.05) is 20.8 Å². The number of furan rings is 1. The van der Waals surface area contributed by atoms with Crippen molar-refractivity contribution in [2.24, 2.45) is 22.7 Å². The number of hydrogen-bond acceptors (Lipinski definition) is 8. The summed E-state index contributed by atoms with van der Waals surface area (Å²) >= 11 is 0. The monoisotopic (exact) mass is 456 g/mol. The van der Waals surface area contributed by atoms with E-state index < -0.39 is 34.1 Å². The predicted molar refractivity (Wildman–Crippen MR) is 111 cm³/mol. The molecule has 0 radical (unpaired) electrons. The summed E-state index contributed by atoms with van der Waals surface area (Å²) < 4.78 is 22.7. The number of hydrogen-bond donors (Lipinski definition) is 0. The Morgan fingerprint density at radius 2 is 1.94 bits per heavy atom. The van der Waals surface area contributed by atoms with Gasteiger partial charge >= 0.3 is 11.9 Å². The lowest BCUT2D eigenvalue weighted by atomic mass is 9.67. The van der Waals surface area contributed by atoms with E-state index in [1.54, 1.807) is 18.6 Å². The Kier molecular flexibility index (Phi) is 4.05. The Bertz CT molecular complexity index is 1070.